The molecule has 1 heterocycles. The Morgan fingerprint density at radius 1 is 1.17 bits per heavy atom. The van der Waals surface area contributed by atoms with Gasteiger partial charge >= 0.3 is 6.09 Å². The number of nitrogens with zero attached hydrogens (tertiary/aromatic N) is 2. The van der Waals surface area contributed by atoms with Crippen molar-refractivity contribution in [1.82, 2.24) is 4.90 Å². The number of rotatable bonds is 5. The number of hydrogen-bond donors (Lipinski definition) is 0. The molecule has 5 heteroatoms. The average molecular weight is 349 g/mol. The SMILES string of the molecule is CCCCCC#CCOC(=O)N1CCN(c2ccccc2Cl)CC1. The number of carbonyl (C=O) groups excluding carboxylic acids is 1. The molecule has 1 amide bonds. The minimum atomic E-state index is -0.281. The highest BCUT2D eigenvalue weighted by atomic mass is 35.5. The molecule has 1 fully saturated rings. The molecule has 1 aliphatic heterocycles. The summed E-state index contributed by atoms with van der Waals surface area (Å²) in [5, 5.41) is 0.742. The van der Waals surface area contributed by atoms with Gasteiger partial charge in [-0.1, -0.05) is 55.3 Å². The summed E-state index contributed by atoms with van der Waals surface area (Å²) in [4.78, 5) is 16.0. The summed E-state index contributed by atoms with van der Waals surface area (Å²) in [5.74, 6) is 5.95. The van der Waals surface area contributed by atoms with Crippen LogP contribution in [0.15, 0.2) is 24.3 Å². The van der Waals surface area contributed by atoms with Crippen LogP contribution in [0, 0.1) is 11.8 Å². The second kappa shape index (κ2) is 10.1. The summed E-state index contributed by atoms with van der Waals surface area (Å²) >= 11 is 6.22. The Kier molecular flexibility index (Phi) is 7.77. The van der Waals surface area contributed by atoms with E-state index in [1.807, 2.05) is 24.3 Å². The maximum atomic E-state index is 12.0. The third kappa shape index (κ3) is 5.65. The van der Waals surface area contributed by atoms with Crippen LogP contribution in [-0.4, -0.2) is 43.8 Å². The van der Waals surface area contributed by atoms with Crippen LogP contribution in [0.1, 0.15) is 32.6 Å². The molecule has 0 aliphatic carbocycles. The fourth-order valence-corrected chi connectivity index (χ4v) is 2.89. The van der Waals surface area contributed by atoms with Crippen molar-refractivity contribution in [2.24, 2.45) is 0 Å². The molecule has 4 nitrogen and oxygen atoms in total. The second-order valence-electron chi connectivity index (χ2n) is 5.79. The van der Waals surface area contributed by atoms with Crippen LogP contribution >= 0.6 is 11.6 Å². The molecule has 2 rings (SSSR count). The number of ether oxygens (including phenoxy) is 1. The zero-order chi connectivity index (χ0) is 17.2. The van der Waals surface area contributed by atoms with Gasteiger partial charge in [-0.15, -0.1) is 0 Å². The van der Waals surface area contributed by atoms with Crippen LogP contribution in [-0.2, 0) is 4.74 Å². The van der Waals surface area contributed by atoms with E-state index in [1.54, 1.807) is 4.90 Å². The van der Waals surface area contributed by atoms with E-state index in [9.17, 15) is 4.79 Å². The van der Waals surface area contributed by atoms with Gasteiger partial charge in [0.1, 0.15) is 0 Å². The van der Waals surface area contributed by atoms with E-state index in [4.69, 9.17) is 16.3 Å². The highest BCUT2D eigenvalue weighted by Crippen LogP contribution is 2.26. The van der Waals surface area contributed by atoms with Gasteiger partial charge in [0.25, 0.3) is 0 Å². The maximum absolute atomic E-state index is 12.0. The minimum Gasteiger partial charge on any atom is -0.436 e. The van der Waals surface area contributed by atoms with Gasteiger partial charge in [-0.3, -0.25) is 0 Å². The molecule has 0 saturated carbocycles. The maximum Gasteiger partial charge on any atom is 0.410 e. The number of halogens is 1. The number of anilines is 1. The van der Waals surface area contributed by atoms with E-state index in [1.165, 1.54) is 12.8 Å². The van der Waals surface area contributed by atoms with Gasteiger partial charge in [0.2, 0.25) is 0 Å². The van der Waals surface area contributed by atoms with Gasteiger partial charge in [-0.2, -0.15) is 0 Å². The van der Waals surface area contributed by atoms with Gasteiger partial charge < -0.3 is 14.5 Å². The van der Waals surface area contributed by atoms with Gasteiger partial charge in [-0.25, -0.2) is 4.79 Å². The van der Waals surface area contributed by atoms with Crippen molar-refractivity contribution >= 4 is 23.4 Å². The summed E-state index contributed by atoms with van der Waals surface area (Å²) in [5.41, 5.74) is 1.02. The lowest BCUT2D eigenvalue weighted by atomic mass is 10.2. The van der Waals surface area contributed by atoms with Crippen LogP contribution in [0.2, 0.25) is 5.02 Å². The predicted molar refractivity (Wildman–Crippen MR) is 98.5 cm³/mol. The van der Waals surface area contributed by atoms with E-state index in [0.29, 0.717) is 13.1 Å². The third-order valence-electron chi connectivity index (χ3n) is 4.03. The molecular weight excluding hydrogens is 324 g/mol. The Balaban J connectivity index is 1.70. The Morgan fingerprint density at radius 3 is 2.62 bits per heavy atom. The van der Waals surface area contributed by atoms with Gasteiger partial charge in [-0.05, 0) is 18.6 Å². The topological polar surface area (TPSA) is 32.8 Å². The molecule has 130 valence electrons. The van der Waals surface area contributed by atoms with Crippen LogP contribution in [0.25, 0.3) is 0 Å². The number of piperazine rings is 1. The van der Waals surface area contributed by atoms with Crippen molar-refractivity contribution in [2.45, 2.75) is 32.6 Å². The van der Waals surface area contributed by atoms with E-state index in [0.717, 1.165) is 36.6 Å². The zero-order valence-electron chi connectivity index (χ0n) is 14.3. The van der Waals surface area contributed by atoms with E-state index in [2.05, 4.69) is 23.7 Å². The second-order valence-corrected chi connectivity index (χ2v) is 6.20. The molecule has 0 aromatic heterocycles. The molecule has 0 unspecified atom stereocenters. The third-order valence-corrected chi connectivity index (χ3v) is 4.35. The molecular formula is C19H25ClN2O2. The van der Waals surface area contributed by atoms with Gasteiger partial charge in [0, 0.05) is 32.6 Å². The monoisotopic (exact) mass is 348 g/mol. The minimum absolute atomic E-state index is 0.176. The molecule has 0 spiro atoms. The van der Waals surface area contributed by atoms with Crippen molar-refractivity contribution in [2.75, 3.05) is 37.7 Å². The Morgan fingerprint density at radius 2 is 1.92 bits per heavy atom. The van der Waals surface area contributed by atoms with E-state index >= 15 is 0 Å². The molecule has 24 heavy (non-hydrogen) atoms. The molecule has 0 atom stereocenters. The smallest absolute Gasteiger partial charge is 0.410 e. The number of amides is 1. The molecule has 1 saturated heterocycles. The average Bonchev–Trinajstić information content (AvgIpc) is 2.61. The normalized spacial score (nSPS) is 14.1. The molecule has 0 N–H and O–H groups in total. The van der Waals surface area contributed by atoms with Crippen LogP contribution in [0.5, 0.6) is 0 Å². The molecule has 0 bridgehead atoms. The fourth-order valence-electron chi connectivity index (χ4n) is 2.63. The molecule has 1 aromatic carbocycles. The first-order valence-corrected chi connectivity index (χ1v) is 8.97. The van der Waals surface area contributed by atoms with Crippen LogP contribution in [0.3, 0.4) is 0 Å². The number of hydrogen-bond acceptors (Lipinski definition) is 3. The lowest BCUT2D eigenvalue weighted by molar-refractivity contribution is 0.111. The number of para-hydroxylation sites is 1. The van der Waals surface area contributed by atoms with Gasteiger partial charge in [0.05, 0.1) is 10.7 Å². The lowest BCUT2D eigenvalue weighted by Crippen LogP contribution is -2.49. The van der Waals surface area contributed by atoms with E-state index in [-0.39, 0.29) is 12.7 Å². The Bertz CT molecular complexity index is 587. The first-order valence-electron chi connectivity index (χ1n) is 8.59. The molecule has 1 aromatic rings. The Hall–Kier alpha value is -1.86. The lowest BCUT2D eigenvalue weighted by Gasteiger charge is -2.35. The van der Waals surface area contributed by atoms with E-state index < -0.39 is 0 Å². The first-order chi connectivity index (χ1) is 11.7. The largest absolute Gasteiger partial charge is 0.436 e. The summed E-state index contributed by atoms with van der Waals surface area (Å²) in [6.07, 6.45) is 4.10. The summed E-state index contributed by atoms with van der Waals surface area (Å²) in [6, 6.07) is 7.78. The van der Waals surface area contributed by atoms with Crippen molar-refractivity contribution in [1.29, 1.82) is 0 Å². The van der Waals surface area contributed by atoms with Crippen LogP contribution in [0.4, 0.5) is 10.5 Å². The van der Waals surface area contributed by atoms with Gasteiger partial charge in [0.15, 0.2) is 6.61 Å². The molecule has 1 aliphatic rings. The number of unbranched alkanes of at least 4 members (excludes halogenated alkanes) is 3. The summed E-state index contributed by atoms with van der Waals surface area (Å²) < 4.78 is 5.22. The summed E-state index contributed by atoms with van der Waals surface area (Å²) in [6.45, 7) is 5.11. The number of carbonyl (C=O) groups is 1. The Labute approximate surface area is 149 Å². The summed E-state index contributed by atoms with van der Waals surface area (Å²) in [7, 11) is 0. The van der Waals surface area contributed by atoms with Crippen molar-refractivity contribution in [3.8, 4) is 11.8 Å². The zero-order valence-corrected chi connectivity index (χ0v) is 15.0. The highest BCUT2D eigenvalue weighted by Gasteiger charge is 2.22. The van der Waals surface area contributed by atoms with Crippen LogP contribution < -0.4 is 4.90 Å². The fraction of sp³-hybridized carbons (Fsp3) is 0.526. The highest BCUT2D eigenvalue weighted by molar-refractivity contribution is 6.33. The standard InChI is InChI=1S/C19H25ClN2O2/c1-2-3-4-5-6-9-16-24-19(23)22-14-12-21(13-15-22)18-11-8-7-10-17(18)20/h7-8,10-11H,2-5,12-16H2,1H3. The number of benzene rings is 1. The van der Waals surface area contributed by atoms with Crippen molar-refractivity contribution < 1.29 is 9.53 Å². The first kappa shape index (κ1) is 18.5. The van der Waals surface area contributed by atoms with Crippen molar-refractivity contribution in [3.63, 3.8) is 0 Å². The quantitative estimate of drug-likeness (QED) is 0.591. The van der Waals surface area contributed by atoms with Crippen molar-refractivity contribution in [3.05, 3.63) is 29.3 Å². The molecule has 0 radical (unpaired) electrons. The predicted octanol–water partition coefficient (Wildman–Crippen LogP) is 4.18.